The Morgan fingerprint density at radius 1 is 1.18 bits per heavy atom. The van der Waals surface area contributed by atoms with Gasteiger partial charge in [-0.25, -0.2) is 4.98 Å². The van der Waals surface area contributed by atoms with Gasteiger partial charge in [-0.05, 0) is 36.4 Å². The molecule has 0 bridgehead atoms. The summed E-state index contributed by atoms with van der Waals surface area (Å²) in [5, 5.41) is 8.71. The van der Waals surface area contributed by atoms with Gasteiger partial charge < -0.3 is 5.32 Å². The second kappa shape index (κ2) is 5.94. The topological polar surface area (TPSA) is 29.3 Å². The molecule has 1 N–H and O–H groups in total. The van der Waals surface area contributed by atoms with Crippen molar-refractivity contribution in [2.24, 2.45) is 0 Å². The summed E-state index contributed by atoms with van der Waals surface area (Å²) in [5.74, 6) is 1.07. The predicted octanol–water partition coefficient (Wildman–Crippen LogP) is 5.46. The Morgan fingerprint density at radius 2 is 2.05 bits per heavy atom. The van der Waals surface area contributed by atoms with Crippen molar-refractivity contribution in [3.63, 3.8) is 0 Å². The van der Waals surface area contributed by atoms with Gasteiger partial charge in [0.25, 0.3) is 0 Å². The van der Waals surface area contributed by atoms with E-state index < -0.39 is 0 Å². The number of nitrogens with zero attached hydrogens (tertiary/aromatic N) is 2. The molecule has 1 aliphatic carbocycles. The zero-order valence-corrected chi connectivity index (χ0v) is 13.8. The van der Waals surface area contributed by atoms with E-state index in [4.69, 9.17) is 16.6 Å². The normalized spacial score (nSPS) is 16.2. The van der Waals surface area contributed by atoms with Crippen molar-refractivity contribution in [1.29, 1.82) is 0 Å². The van der Waals surface area contributed by atoms with Crippen molar-refractivity contribution in [2.45, 2.75) is 38.1 Å². The van der Waals surface area contributed by atoms with Crippen LogP contribution >= 0.6 is 22.9 Å². The van der Waals surface area contributed by atoms with Gasteiger partial charge in [0, 0.05) is 23.2 Å². The number of anilines is 1. The highest BCUT2D eigenvalue weighted by atomic mass is 35.5. The molecule has 1 saturated carbocycles. The molecule has 0 unspecified atom stereocenters. The molecule has 0 aromatic carbocycles. The van der Waals surface area contributed by atoms with Crippen LogP contribution in [0.5, 0.6) is 0 Å². The fourth-order valence-corrected chi connectivity index (χ4v) is 4.00. The third kappa shape index (κ3) is 2.61. The molecule has 3 aromatic rings. The van der Waals surface area contributed by atoms with Gasteiger partial charge >= 0.3 is 0 Å². The van der Waals surface area contributed by atoms with Crippen molar-refractivity contribution in [3.05, 3.63) is 40.2 Å². The Kier molecular flexibility index (Phi) is 3.80. The lowest BCUT2D eigenvalue weighted by molar-refractivity contribution is 0.462. The van der Waals surface area contributed by atoms with Crippen LogP contribution in [0.4, 0.5) is 5.82 Å². The molecule has 3 heterocycles. The van der Waals surface area contributed by atoms with Crippen LogP contribution in [-0.4, -0.2) is 15.4 Å². The smallest absolute Gasteiger partial charge is 0.139 e. The Labute approximate surface area is 139 Å². The molecule has 3 aromatic heterocycles. The second-order valence-electron chi connectivity index (χ2n) is 5.88. The Morgan fingerprint density at radius 3 is 2.82 bits per heavy atom. The molecular formula is C17H18ClN3S. The van der Waals surface area contributed by atoms with Gasteiger partial charge in [0.05, 0.1) is 5.02 Å². The van der Waals surface area contributed by atoms with Crippen LogP contribution < -0.4 is 5.32 Å². The van der Waals surface area contributed by atoms with Gasteiger partial charge in [0.15, 0.2) is 0 Å². The van der Waals surface area contributed by atoms with Crippen molar-refractivity contribution in [2.75, 3.05) is 5.32 Å². The molecule has 0 saturated heterocycles. The summed E-state index contributed by atoms with van der Waals surface area (Å²) in [6.07, 6.45) is 8.39. The van der Waals surface area contributed by atoms with Gasteiger partial charge in [-0.1, -0.05) is 30.9 Å². The van der Waals surface area contributed by atoms with Crippen molar-refractivity contribution >= 4 is 34.4 Å². The van der Waals surface area contributed by atoms with E-state index in [0.717, 1.165) is 22.2 Å². The number of aromatic nitrogens is 2. The van der Waals surface area contributed by atoms with E-state index >= 15 is 0 Å². The first kappa shape index (κ1) is 14.1. The van der Waals surface area contributed by atoms with Crippen molar-refractivity contribution < 1.29 is 0 Å². The van der Waals surface area contributed by atoms with Gasteiger partial charge in [0.1, 0.15) is 17.2 Å². The lowest BCUT2D eigenvalue weighted by atomic mass is 9.95. The van der Waals surface area contributed by atoms with E-state index in [2.05, 4.69) is 26.5 Å². The zero-order chi connectivity index (χ0) is 14.9. The van der Waals surface area contributed by atoms with Gasteiger partial charge in [-0.15, -0.1) is 0 Å². The molecule has 1 fully saturated rings. The van der Waals surface area contributed by atoms with Crippen LogP contribution in [0.3, 0.4) is 0 Å². The molecule has 4 rings (SSSR count). The highest BCUT2D eigenvalue weighted by Gasteiger charge is 2.19. The first-order valence-corrected chi connectivity index (χ1v) is 9.10. The van der Waals surface area contributed by atoms with E-state index in [0.29, 0.717) is 6.04 Å². The van der Waals surface area contributed by atoms with Crippen molar-refractivity contribution in [1.82, 2.24) is 9.38 Å². The monoisotopic (exact) mass is 331 g/mol. The number of imidazole rings is 1. The summed E-state index contributed by atoms with van der Waals surface area (Å²) in [6, 6.07) is 6.53. The predicted molar refractivity (Wildman–Crippen MR) is 94.0 cm³/mol. The molecule has 0 atom stereocenters. The fraction of sp³-hybridized carbons (Fsp3) is 0.353. The number of hydrogen-bond acceptors (Lipinski definition) is 3. The molecule has 114 valence electrons. The second-order valence-corrected chi connectivity index (χ2v) is 7.09. The third-order valence-corrected chi connectivity index (χ3v) is 5.23. The molecule has 1 aliphatic rings. The van der Waals surface area contributed by atoms with Crippen molar-refractivity contribution in [3.8, 4) is 11.3 Å². The van der Waals surface area contributed by atoms with E-state index in [9.17, 15) is 0 Å². The molecule has 5 heteroatoms. The minimum absolute atomic E-state index is 0.532. The Hall–Kier alpha value is -1.52. The Balaban J connectivity index is 1.81. The highest BCUT2D eigenvalue weighted by Crippen LogP contribution is 2.33. The summed E-state index contributed by atoms with van der Waals surface area (Å²) in [5.41, 5.74) is 3.13. The van der Waals surface area contributed by atoms with Crippen LogP contribution in [0, 0.1) is 0 Å². The summed E-state index contributed by atoms with van der Waals surface area (Å²) in [6.45, 7) is 0. The average Bonchev–Trinajstić information content (AvgIpc) is 3.17. The lowest BCUT2D eigenvalue weighted by Gasteiger charge is -2.24. The number of fused-ring (bicyclic) bond motifs is 1. The van der Waals surface area contributed by atoms with E-state index in [1.54, 1.807) is 11.3 Å². The maximum absolute atomic E-state index is 6.19. The Bertz CT molecular complexity index is 773. The van der Waals surface area contributed by atoms with Gasteiger partial charge in [0.2, 0.25) is 0 Å². The van der Waals surface area contributed by atoms with Gasteiger partial charge in [-0.2, -0.15) is 11.3 Å². The van der Waals surface area contributed by atoms with E-state index in [-0.39, 0.29) is 0 Å². The van der Waals surface area contributed by atoms with Crippen LogP contribution in [0.25, 0.3) is 16.9 Å². The summed E-state index contributed by atoms with van der Waals surface area (Å²) < 4.78 is 2.09. The first-order valence-electron chi connectivity index (χ1n) is 7.78. The number of halogens is 1. The summed E-state index contributed by atoms with van der Waals surface area (Å²) >= 11 is 7.89. The molecular weight excluding hydrogens is 314 g/mol. The molecule has 0 amide bonds. The van der Waals surface area contributed by atoms with Gasteiger partial charge in [-0.3, -0.25) is 4.40 Å². The molecule has 3 nitrogen and oxygen atoms in total. The number of rotatable bonds is 3. The van der Waals surface area contributed by atoms with Crippen LogP contribution in [-0.2, 0) is 0 Å². The summed E-state index contributed by atoms with van der Waals surface area (Å²) in [7, 11) is 0. The molecule has 22 heavy (non-hydrogen) atoms. The molecule has 0 aliphatic heterocycles. The highest BCUT2D eigenvalue weighted by molar-refractivity contribution is 7.08. The quantitative estimate of drug-likeness (QED) is 0.690. The van der Waals surface area contributed by atoms with E-state index in [1.165, 1.54) is 37.7 Å². The zero-order valence-electron chi connectivity index (χ0n) is 12.3. The minimum Gasteiger partial charge on any atom is -0.367 e. The standard InChI is InChI=1S/C17H18ClN3S/c18-13-6-7-15-20-16(12-8-9-22-11-12)17(21(15)10-13)19-14-4-2-1-3-5-14/h6-11,14,19H,1-5H2. The number of pyridine rings is 1. The number of hydrogen-bond donors (Lipinski definition) is 1. The summed E-state index contributed by atoms with van der Waals surface area (Å²) in [4.78, 5) is 4.81. The lowest BCUT2D eigenvalue weighted by Crippen LogP contribution is -2.23. The number of nitrogens with one attached hydrogen (secondary N) is 1. The SMILES string of the molecule is Clc1ccc2nc(-c3ccsc3)c(NC3CCCCC3)n2c1. The largest absolute Gasteiger partial charge is 0.367 e. The van der Waals surface area contributed by atoms with Crippen LogP contribution in [0.2, 0.25) is 5.02 Å². The average molecular weight is 332 g/mol. The number of thiophene rings is 1. The maximum atomic E-state index is 6.19. The maximum Gasteiger partial charge on any atom is 0.139 e. The third-order valence-electron chi connectivity index (χ3n) is 4.32. The van der Waals surface area contributed by atoms with Crippen LogP contribution in [0.15, 0.2) is 35.2 Å². The fourth-order valence-electron chi connectivity index (χ4n) is 3.20. The minimum atomic E-state index is 0.532. The molecule has 0 radical (unpaired) electrons. The van der Waals surface area contributed by atoms with E-state index in [1.807, 2.05) is 18.3 Å². The van der Waals surface area contributed by atoms with Crippen LogP contribution in [0.1, 0.15) is 32.1 Å². The molecule has 0 spiro atoms. The first-order chi connectivity index (χ1) is 10.8.